The van der Waals surface area contributed by atoms with E-state index in [1.54, 1.807) is 0 Å². The Kier molecular flexibility index (Phi) is 16.3. The molecule has 0 heterocycles. The summed E-state index contributed by atoms with van der Waals surface area (Å²) >= 11 is 0. The Morgan fingerprint density at radius 1 is 0.920 bits per heavy atom. The SMILES string of the molecule is C#C.CC1CC=CCC1.CCC(C)CCC(CC)CC1CCCCC1. The van der Waals surface area contributed by atoms with E-state index in [4.69, 9.17) is 0 Å². The summed E-state index contributed by atoms with van der Waals surface area (Å²) < 4.78 is 0. The first kappa shape index (κ1) is 24.3. The van der Waals surface area contributed by atoms with E-state index in [9.17, 15) is 0 Å². The molecular formula is C25H46. The van der Waals surface area contributed by atoms with Gasteiger partial charge in [-0.25, -0.2) is 0 Å². The van der Waals surface area contributed by atoms with Crippen LogP contribution in [0.4, 0.5) is 0 Å². The molecule has 0 N–H and O–H groups in total. The molecule has 0 heteroatoms. The molecule has 0 saturated heterocycles. The summed E-state index contributed by atoms with van der Waals surface area (Å²) in [6.07, 6.45) is 31.4. The molecule has 0 aromatic rings. The van der Waals surface area contributed by atoms with Gasteiger partial charge in [-0.3, -0.25) is 0 Å². The second-order valence-electron chi connectivity index (χ2n) is 8.49. The molecule has 2 rings (SSSR count). The van der Waals surface area contributed by atoms with Crippen LogP contribution in [-0.4, -0.2) is 0 Å². The van der Waals surface area contributed by atoms with Crippen molar-refractivity contribution in [3.8, 4) is 12.8 Å². The molecule has 1 fully saturated rings. The molecule has 2 aliphatic carbocycles. The van der Waals surface area contributed by atoms with Gasteiger partial charge in [0.1, 0.15) is 0 Å². The minimum absolute atomic E-state index is 0.945. The quantitative estimate of drug-likeness (QED) is 0.320. The van der Waals surface area contributed by atoms with Gasteiger partial charge in [0.15, 0.2) is 0 Å². The van der Waals surface area contributed by atoms with Gasteiger partial charge in [0.2, 0.25) is 0 Å². The number of allylic oxidation sites excluding steroid dienone is 2. The van der Waals surface area contributed by atoms with Crippen molar-refractivity contribution in [2.75, 3.05) is 0 Å². The average Bonchev–Trinajstić information content (AvgIpc) is 2.68. The van der Waals surface area contributed by atoms with E-state index in [-0.39, 0.29) is 0 Å². The molecule has 2 aliphatic rings. The van der Waals surface area contributed by atoms with Gasteiger partial charge < -0.3 is 0 Å². The molecule has 1 saturated carbocycles. The maximum atomic E-state index is 4.00. The predicted octanol–water partition coefficient (Wildman–Crippen LogP) is 8.42. The molecular weight excluding hydrogens is 300 g/mol. The minimum Gasteiger partial charge on any atom is -0.124 e. The van der Waals surface area contributed by atoms with Crippen LogP contribution in [0.1, 0.15) is 111 Å². The largest absolute Gasteiger partial charge is 0.124 e. The monoisotopic (exact) mass is 346 g/mol. The normalized spacial score (nSPS) is 22.7. The van der Waals surface area contributed by atoms with Crippen LogP contribution in [0, 0.1) is 36.5 Å². The Morgan fingerprint density at radius 3 is 2.04 bits per heavy atom. The zero-order valence-electron chi connectivity index (χ0n) is 17.8. The fourth-order valence-corrected chi connectivity index (χ4v) is 4.05. The van der Waals surface area contributed by atoms with Crippen molar-refractivity contribution in [3.63, 3.8) is 0 Å². The highest BCUT2D eigenvalue weighted by atomic mass is 14.2. The molecule has 3 unspecified atom stereocenters. The molecule has 146 valence electrons. The fourth-order valence-electron chi connectivity index (χ4n) is 4.05. The van der Waals surface area contributed by atoms with Crippen LogP contribution in [0.5, 0.6) is 0 Å². The van der Waals surface area contributed by atoms with Crippen molar-refractivity contribution < 1.29 is 0 Å². The predicted molar refractivity (Wildman–Crippen MR) is 116 cm³/mol. The van der Waals surface area contributed by atoms with Crippen molar-refractivity contribution >= 4 is 0 Å². The lowest BCUT2D eigenvalue weighted by molar-refractivity contribution is 0.263. The van der Waals surface area contributed by atoms with Gasteiger partial charge >= 0.3 is 0 Å². The summed E-state index contributed by atoms with van der Waals surface area (Å²) in [6, 6.07) is 0. The molecule has 0 bridgehead atoms. The molecule has 25 heavy (non-hydrogen) atoms. The third kappa shape index (κ3) is 13.2. The van der Waals surface area contributed by atoms with E-state index in [1.807, 2.05) is 0 Å². The van der Waals surface area contributed by atoms with Crippen LogP contribution in [0.25, 0.3) is 0 Å². The van der Waals surface area contributed by atoms with Gasteiger partial charge in [-0.15, -0.1) is 12.8 Å². The first-order chi connectivity index (χ1) is 12.2. The summed E-state index contributed by atoms with van der Waals surface area (Å²) in [5, 5.41) is 0. The summed E-state index contributed by atoms with van der Waals surface area (Å²) in [7, 11) is 0. The fraction of sp³-hybridized carbons (Fsp3) is 0.840. The zero-order valence-corrected chi connectivity index (χ0v) is 17.8. The summed E-state index contributed by atoms with van der Waals surface area (Å²) in [4.78, 5) is 0. The van der Waals surface area contributed by atoms with E-state index in [0.717, 1.165) is 23.7 Å². The second-order valence-corrected chi connectivity index (χ2v) is 8.49. The van der Waals surface area contributed by atoms with Gasteiger partial charge in [-0.05, 0) is 49.4 Å². The highest BCUT2D eigenvalue weighted by molar-refractivity contribution is 4.88. The first-order valence-corrected chi connectivity index (χ1v) is 11.1. The van der Waals surface area contributed by atoms with Crippen molar-refractivity contribution in [2.45, 2.75) is 111 Å². The third-order valence-corrected chi connectivity index (χ3v) is 6.26. The minimum atomic E-state index is 0.945. The van der Waals surface area contributed by atoms with Crippen LogP contribution in [0.3, 0.4) is 0 Å². The molecule has 0 radical (unpaired) electrons. The Balaban J connectivity index is 0.000000530. The van der Waals surface area contributed by atoms with Gasteiger partial charge in [0, 0.05) is 0 Å². The van der Waals surface area contributed by atoms with Crippen molar-refractivity contribution in [3.05, 3.63) is 12.2 Å². The van der Waals surface area contributed by atoms with E-state index in [2.05, 4.69) is 52.7 Å². The third-order valence-electron chi connectivity index (χ3n) is 6.26. The van der Waals surface area contributed by atoms with Gasteiger partial charge in [0.25, 0.3) is 0 Å². The lowest BCUT2D eigenvalue weighted by Gasteiger charge is -2.26. The first-order valence-electron chi connectivity index (χ1n) is 11.1. The van der Waals surface area contributed by atoms with Gasteiger partial charge in [-0.2, -0.15) is 0 Å². The molecule has 0 nitrogen and oxygen atoms in total. The Morgan fingerprint density at radius 2 is 1.60 bits per heavy atom. The smallest absolute Gasteiger partial charge is 0.0325 e. The maximum absolute atomic E-state index is 4.00. The van der Waals surface area contributed by atoms with Crippen molar-refractivity contribution in [1.82, 2.24) is 0 Å². The zero-order chi connectivity index (χ0) is 18.9. The van der Waals surface area contributed by atoms with E-state index in [1.165, 1.54) is 83.5 Å². The van der Waals surface area contributed by atoms with Crippen LogP contribution in [0.2, 0.25) is 0 Å². The number of terminal acetylenes is 1. The van der Waals surface area contributed by atoms with Crippen LogP contribution in [0.15, 0.2) is 12.2 Å². The highest BCUT2D eigenvalue weighted by Gasteiger charge is 2.18. The highest BCUT2D eigenvalue weighted by Crippen LogP contribution is 2.32. The Bertz CT molecular complexity index is 318. The topological polar surface area (TPSA) is 0 Å². The van der Waals surface area contributed by atoms with Crippen LogP contribution < -0.4 is 0 Å². The van der Waals surface area contributed by atoms with Gasteiger partial charge in [0.05, 0.1) is 0 Å². The molecule has 0 amide bonds. The number of hydrogen-bond donors (Lipinski definition) is 0. The van der Waals surface area contributed by atoms with E-state index >= 15 is 0 Å². The standard InChI is InChI=1S/C16H32.C7H12.C2H2/c1-4-14(3)11-12-15(5-2)13-16-9-7-6-8-10-16;1-7-5-3-2-4-6-7;1-2/h14-16H,4-13H2,1-3H3;2-3,7H,4-6H2,1H3;1-2H. The molecule has 0 spiro atoms. The lowest BCUT2D eigenvalue weighted by atomic mass is 9.80. The molecule has 3 atom stereocenters. The van der Waals surface area contributed by atoms with Crippen molar-refractivity contribution in [1.29, 1.82) is 0 Å². The second kappa shape index (κ2) is 16.8. The lowest BCUT2D eigenvalue weighted by Crippen LogP contribution is -2.12. The number of hydrogen-bond acceptors (Lipinski definition) is 0. The molecule has 0 aromatic heterocycles. The average molecular weight is 347 g/mol. The number of rotatable bonds is 7. The summed E-state index contributed by atoms with van der Waals surface area (Å²) in [6.45, 7) is 9.44. The van der Waals surface area contributed by atoms with E-state index in [0.29, 0.717) is 0 Å². The van der Waals surface area contributed by atoms with Gasteiger partial charge in [-0.1, -0.05) is 97.6 Å². The Hall–Kier alpha value is -0.700. The van der Waals surface area contributed by atoms with E-state index < -0.39 is 0 Å². The Labute approximate surface area is 160 Å². The summed E-state index contributed by atoms with van der Waals surface area (Å²) in [5.41, 5.74) is 0. The molecule has 0 aliphatic heterocycles. The van der Waals surface area contributed by atoms with Crippen molar-refractivity contribution in [2.24, 2.45) is 23.7 Å². The summed E-state index contributed by atoms with van der Waals surface area (Å²) in [5.74, 6) is 4.00. The van der Waals surface area contributed by atoms with Crippen LogP contribution in [-0.2, 0) is 0 Å². The maximum Gasteiger partial charge on any atom is -0.0325 e. The molecule has 0 aromatic carbocycles. The van der Waals surface area contributed by atoms with Crippen LogP contribution >= 0.6 is 0 Å².